The smallest absolute Gasteiger partial charge is 0.240 e. The fourth-order valence-electron chi connectivity index (χ4n) is 1.55. The van der Waals surface area contributed by atoms with Crippen molar-refractivity contribution in [3.05, 3.63) is 11.6 Å². The summed E-state index contributed by atoms with van der Waals surface area (Å²) in [5.74, 6) is 0.0249. The van der Waals surface area contributed by atoms with Crippen molar-refractivity contribution in [2.45, 2.75) is 26.7 Å². The first-order chi connectivity index (χ1) is 7.76. The molecule has 0 aliphatic rings. The highest BCUT2D eigenvalue weighted by atomic mass is 32.1. The van der Waals surface area contributed by atoms with Crippen molar-refractivity contribution in [3.8, 4) is 0 Å². The Morgan fingerprint density at radius 2 is 2.12 bits per heavy atom. The van der Waals surface area contributed by atoms with E-state index in [1.54, 1.807) is 6.20 Å². The van der Waals surface area contributed by atoms with Gasteiger partial charge in [-0.25, -0.2) is 4.98 Å². The monoisotopic (exact) mass is 241 g/mol. The Balaban J connectivity index is 2.35. The van der Waals surface area contributed by atoms with Crippen molar-refractivity contribution in [2.75, 3.05) is 25.0 Å². The van der Waals surface area contributed by atoms with Crippen LogP contribution in [0.3, 0.4) is 0 Å². The highest BCUT2D eigenvalue weighted by Crippen LogP contribution is 2.10. The van der Waals surface area contributed by atoms with Crippen LogP contribution in [0.15, 0.2) is 11.6 Å². The minimum Gasteiger partial charge on any atom is -0.301 e. The molecule has 1 aromatic rings. The number of hydrogen-bond acceptors (Lipinski definition) is 4. The number of thiazole rings is 1. The summed E-state index contributed by atoms with van der Waals surface area (Å²) in [7, 11) is 0. The maximum absolute atomic E-state index is 11.7. The third kappa shape index (κ3) is 4.72. The molecule has 1 N–H and O–H groups in total. The number of carbonyl (C=O) groups excluding carboxylic acids is 1. The molecule has 16 heavy (non-hydrogen) atoms. The molecule has 0 saturated heterocycles. The number of anilines is 1. The van der Waals surface area contributed by atoms with Crippen LogP contribution in [0.1, 0.15) is 26.7 Å². The molecular formula is C11H19N3OS. The van der Waals surface area contributed by atoms with Crippen LogP contribution in [-0.2, 0) is 4.79 Å². The lowest BCUT2D eigenvalue weighted by Crippen LogP contribution is -2.34. The van der Waals surface area contributed by atoms with Gasteiger partial charge in [-0.2, -0.15) is 0 Å². The largest absolute Gasteiger partial charge is 0.301 e. The zero-order chi connectivity index (χ0) is 11.8. The molecule has 0 aromatic carbocycles. The molecule has 0 aliphatic carbocycles. The first kappa shape index (κ1) is 13.1. The van der Waals surface area contributed by atoms with Crippen LogP contribution in [-0.4, -0.2) is 35.4 Å². The Hall–Kier alpha value is -0.940. The summed E-state index contributed by atoms with van der Waals surface area (Å²) in [4.78, 5) is 17.9. The minimum absolute atomic E-state index is 0.0249. The van der Waals surface area contributed by atoms with E-state index in [2.05, 4.69) is 29.0 Å². The standard InChI is InChI=1S/C11H19N3OS/c1-3-6-14(7-4-2)9-10(15)13-11-12-5-8-16-11/h5,8H,3-4,6-7,9H2,1-2H3,(H,12,13,15). The van der Waals surface area contributed by atoms with E-state index in [-0.39, 0.29) is 5.91 Å². The van der Waals surface area contributed by atoms with E-state index in [0.29, 0.717) is 11.7 Å². The molecule has 1 aromatic heterocycles. The van der Waals surface area contributed by atoms with Gasteiger partial charge in [0.15, 0.2) is 5.13 Å². The average molecular weight is 241 g/mol. The Kier molecular flexibility index (Phi) is 6.03. The molecule has 4 nitrogen and oxygen atoms in total. The van der Waals surface area contributed by atoms with Crippen molar-refractivity contribution in [1.29, 1.82) is 0 Å². The van der Waals surface area contributed by atoms with Gasteiger partial charge in [-0.15, -0.1) is 11.3 Å². The van der Waals surface area contributed by atoms with E-state index < -0.39 is 0 Å². The van der Waals surface area contributed by atoms with E-state index in [4.69, 9.17) is 0 Å². The van der Waals surface area contributed by atoms with Crippen LogP contribution in [0.2, 0.25) is 0 Å². The molecule has 0 atom stereocenters. The van der Waals surface area contributed by atoms with Crippen LogP contribution in [0.5, 0.6) is 0 Å². The molecule has 0 radical (unpaired) electrons. The molecular weight excluding hydrogens is 222 g/mol. The van der Waals surface area contributed by atoms with E-state index in [1.165, 1.54) is 11.3 Å². The number of nitrogens with one attached hydrogen (secondary N) is 1. The Bertz CT molecular complexity index is 294. The van der Waals surface area contributed by atoms with Gasteiger partial charge >= 0.3 is 0 Å². The first-order valence-corrected chi connectivity index (χ1v) is 6.56. The summed E-state index contributed by atoms with van der Waals surface area (Å²) in [5, 5.41) is 5.33. The third-order valence-electron chi connectivity index (χ3n) is 2.13. The number of amides is 1. The average Bonchev–Trinajstić information content (AvgIpc) is 2.71. The Morgan fingerprint density at radius 1 is 1.44 bits per heavy atom. The highest BCUT2D eigenvalue weighted by molar-refractivity contribution is 7.13. The van der Waals surface area contributed by atoms with E-state index in [0.717, 1.165) is 25.9 Å². The lowest BCUT2D eigenvalue weighted by Gasteiger charge is -2.19. The zero-order valence-corrected chi connectivity index (χ0v) is 10.7. The predicted octanol–water partition coefficient (Wildman–Crippen LogP) is 2.20. The molecule has 0 bridgehead atoms. The van der Waals surface area contributed by atoms with E-state index in [1.807, 2.05) is 5.38 Å². The van der Waals surface area contributed by atoms with Crippen molar-refractivity contribution in [2.24, 2.45) is 0 Å². The van der Waals surface area contributed by atoms with Gasteiger partial charge in [-0.1, -0.05) is 13.8 Å². The van der Waals surface area contributed by atoms with Gasteiger partial charge in [0.25, 0.3) is 0 Å². The number of hydrogen-bond donors (Lipinski definition) is 1. The summed E-state index contributed by atoms with van der Waals surface area (Å²) in [6, 6.07) is 0. The quantitative estimate of drug-likeness (QED) is 0.796. The fraction of sp³-hybridized carbons (Fsp3) is 0.636. The van der Waals surface area contributed by atoms with Crippen molar-refractivity contribution in [3.63, 3.8) is 0 Å². The molecule has 0 aliphatic heterocycles. The van der Waals surface area contributed by atoms with Gasteiger partial charge < -0.3 is 5.32 Å². The van der Waals surface area contributed by atoms with Gasteiger partial charge in [-0.05, 0) is 25.9 Å². The van der Waals surface area contributed by atoms with Gasteiger partial charge in [0.2, 0.25) is 5.91 Å². The maximum atomic E-state index is 11.7. The lowest BCUT2D eigenvalue weighted by atomic mass is 10.3. The number of nitrogens with zero attached hydrogens (tertiary/aromatic N) is 2. The topological polar surface area (TPSA) is 45.2 Å². The highest BCUT2D eigenvalue weighted by Gasteiger charge is 2.09. The fourth-order valence-corrected chi connectivity index (χ4v) is 2.09. The molecule has 0 fully saturated rings. The maximum Gasteiger partial charge on any atom is 0.240 e. The number of rotatable bonds is 7. The number of aromatic nitrogens is 1. The van der Waals surface area contributed by atoms with Gasteiger partial charge in [0, 0.05) is 11.6 Å². The molecule has 0 saturated carbocycles. The summed E-state index contributed by atoms with van der Waals surface area (Å²) in [5.41, 5.74) is 0. The van der Waals surface area contributed by atoms with E-state index >= 15 is 0 Å². The summed E-state index contributed by atoms with van der Waals surface area (Å²) < 4.78 is 0. The molecule has 1 rings (SSSR count). The van der Waals surface area contributed by atoms with Crippen LogP contribution in [0.4, 0.5) is 5.13 Å². The van der Waals surface area contributed by atoms with E-state index in [9.17, 15) is 4.79 Å². The van der Waals surface area contributed by atoms with Gasteiger partial charge in [0.05, 0.1) is 6.54 Å². The first-order valence-electron chi connectivity index (χ1n) is 5.68. The summed E-state index contributed by atoms with van der Waals surface area (Å²) in [6.07, 6.45) is 3.84. The van der Waals surface area contributed by atoms with Crippen molar-refractivity contribution in [1.82, 2.24) is 9.88 Å². The molecule has 1 amide bonds. The molecule has 0 unspecified atom stereocenters. The second kappa shape index (κ2) is 7.35. The molecule has 0 spiro atoms. The predicted molar refractivity (Wildman–Crippen MR) is 67.8 cm³/mol. The van der Waals surface area contributed by atoms with Crippen molar-refractivity contribution >= 4 is 22.4 Å². The van der Waals surface area contributed by atoms with Crippen LogP contribution in [0.25, 0.3) is 0 Å². The SMILES string of the molecule is CCCN(CCC)CC(=O)Nc1nccs1. The Morgan fingerprint density at radius 3 is 2.62 bits per heavy atom. The molecule has 1 heterocycles. The van der Waals surface area contributed by atoms with Crippen molar-refractivity contribution < 1.29 is 4.79 Å². The second-order valence-electron chi connectivity index (χ2n) is 3.66. The lowest BCUT2D eigenvalue weighted by molar-refractivity contribution is -0.117. The van der Waals surface area contributed by atoms with Gasteiger partial charge in [-0.3, -0.25) is 9.69 Å². The van der Waals surface area contributed by atoms with Crippen LogP contribution in [0, 0.1) is 0 Å². The van der Waals surface area contributed by atoms with Crippen LogP contribution >= 0.6 is 11.3 Å². The van der Waals surface area contributed by atoms with Gasteiger partial charge in [0.1, 0.15) is 0 Å². The van der Waals surface area contributed by atoms with Crippen LogP contribution < -0.4 is 5.32 Å². The second-order valence-corrected chi connectivity index (χ2v) is 4.56. The molecule has 90 valence electrons. The number of carbonyl (C=O) groups is 1. The summed E-state index contributed by atoms with van der Waals surface area (Å²) in [6.45, 7) is 6.66. The zero-order valence-electron chi connectivity index (χ0n) is 9.90. The minimum atomic E-state index is 0.0249. The molecule has 5 heteroatoms. The Labute approximate surface area is 101 Å². The normalized spacial score (nSPS) is 10.7. The summed E-state index contributed by atoms with van der Waals surface area (Å²) >= 11 is 1.44. The third-order valence-corrected chi connectivity index (χ3v) is 2.81.